The van der Waals surface area contributed by atoms with Gasteiger partial charge >= 0.3 is 0 Å². The van der Waals surface area contributed by atoms with Crippen molar-refractivity contribution in [3.8, 4) is 0 Å². The van der Waals surface area contributed by atoms with Crippen molar-refractivity contribution >= 4 is 21.7 Å². The maximum atomic E-state index is 12.5. The van der Waals surface area contributed by atoms with Gasteiger partial charge in [-0.3, -0.25) is 9.59 Å². The second kappa shape index (κ2) is 7.96. The molecule has 0 spiro atoms. The lowest BCUT2D eigenvalue weighted by molar-refractivity contribution is 0.0667. The molecule has 1 saturated heterocycles. The topological polar surface area (TPSA) is 96.7 Å². The quantitative estimate of drug-likeness (QED) is 0.841. The molecule has 0 bridgehead atoms. The zero-order valence-corrected chi connectivity index (χ0v) is 15.9. The molecule has 1 fully saturated rings. The summed E-state index contributed by atoms with van der Waals surface area (Å²) in [4.78, 5) is 26.5. The number of nitrogens with one attached hydrogen (secondary N) is 1. The summed E-state index contributed by atoms with van der Waals surface area (Å²) in [7, 11) is -3.16. The predicted molar refractivity (Wildman–Crippen MR) is 100 cm³/mol. The van der Waals surface area contributed by atoms with E-state index in [-0.39, 0.29) is 23.6 Å². The molecular formula is C19H22N2O5S. The van der Waals surface area contributed by atoms with Gasteiger partial charge in [-0.1, -0.05) is 12.1 Å². The number of carbonyl (C=O) groups excluding carboxylic acids is 2. The molecule has 2 heterocycles. The van der Waals surface area contributed by atoms with E-state index in [0.717, 1.165) is 6.26 Å². The molecule has 0 aliphatic carbocycles. The minimum Gasteiger partial charge on any atom is -0.459 e. The highest BCUT2D eigenvalue weighted by molar-refractivity contribution is 7.89. The summed E-state index contributed by atoms with van der Waals surface area (Å²) in [5.74, 6) is -0.152. The molecular weight excluding hydrogens is 368 g/mol. The van der Waals surface area contributed by atoms with Gasteiger partial charge in [0.05, 0.1) is 12.0 Å². The van der Waals surface area contributed by atoms with Gasteiger partial charge in [-0.2, -0.15) is 0 Å². The third-order valence-electron chi connectivity index (χ3n) is 4.47. The second-order valence-corrected chi connectivity index (χ2v) is 8.93. The summed E-state index contributed by atoms with van der Waals surface area (Å²) in [5.41, 5.74) is 1.02. The second-order valence-electron chi connectivity index (χ2n) is 6.79. The monoisotopic (exact) mass is 390 g/mol. The van der Waals surface area contributed by atoms with Crippen LogP contribution in [0.3, 0.4) is 0 Å². The molecule has 1 aliphatic heterocycles. The molecule has 0 saturated carbocycles. The van der Waals surface area contributed by atoms with Crippen molar-refractivity contribution in [2.75, 3.05) is 19.3 Å². The van der Waals surface area contributed by atoms with Crippen LogP contribution in [0, 0.1) is 0 Å². The fourth-order valence-corrected chi connectivity index (χ4v) is 3.94. The molecule has 1 aliphatic rings. The first-order valence-electron chi connectivity index (χ1n) is 8.72. The lowest BCUT2D eigenvalue weighted by Crippen LogP contribution is -2.46. The van der Waals surface area contributed by atoms with Crippen molar-refractivity contribution in [3.63, 3.8) is 0 Å². The Kier molecular flexibility index (Phi) is 5.65. The Labute approximate surface area is 158 Å². The Bertz CT molecular complexity index is 913. The van der Waals surface area contributed by atoms with E-state index in [1.54, 1.807) is 41.3 Å². The lowest BCUT2D eigenvalue weighted by atomic mass is 10.0. The zero-order valence-electron chi connectivity index (χ0n) is 15.1. The van der Waals surface area contributed by atoms with Crippen molar-refractivity contribution in [2.24, 2.45) is 0 Å². The maximum absolute atomic E-state index is 12.5. The number of carbonyl (C=O) groups is 2. The highest BCUT2D eigenvalue weighted by Crippen LogP contribution is 2.15. The highest BCUT2D eigenvalue weighted by Gasteiger charge is 2.26. The van der Waals surface area contributed by atoms with Crippen LogP contribution in [0.5, 0.6) is 0 Å². The third-order valence-corrected chi connectivity index (χ3v) is 5.33. The number of benzene rings is 1. The van der Waals surface area contributed by atoms with Gasteiger partial charge in [0.2, 0.25) is 0 Å². The van der Waals surface area contributed by atoms with Crippen LogP contribution in [0.1, 0.15) is 39.3 Å². The van der Waals surface area contributed by atoms with E-state index in [1.165, 1.54) is 6.26 Å². The number of sulfone groups is 1. The molecule has 27 heavy (non-hydrogen) atoms. The fourth-order valence-electron chi connectivity index (χ4n) is 3.16. The smallest absolute Gasteiger partial charge is 0.289 e. The average molecular weight is 390 g/mol. The van der Waals surface area contributed by atoms with Crippen LogP contribution in [0.25, 0.3) is 0 Å². The number of nitrogens with zero attached hydrogens (tertiary/aromatic N) is 1. The average Bonchev–Trinajstić information content (AvgIpc) is 3.15. The SMILES string of the molecule is CS(=O)(=O)Cc1cccc(C(=O)NC2CCN(C(=O)c3ccco3)CC2)c1. The summed E-state index contributed by atoms with van der Waals surface area (Å²) in [6.45, 7) is 1.08. The van der Waals surface area contributed by atoms with Gasteiger partial charge in [-0.15, -0.1) is 0 Å². The maximum Gasteiger partial charge on any atom is 0.289 e. The molecule has 3 rings (SSSR count). The summed E-state index contributed by atoms with van der Waals surface area (Å²) < 4.78 is 28.0. The Morgan fingerprint density at radius 3 is 2.56 bits per heavy atom. The van der Waals surface area contributed by atoms with E-state index in [2.05, 4.69) is 5.32 Å². The Balaban J connectivity index is 1.55. The molecule has 2 amide bonds. The molecule has 2 aromatic rings. The number of rotatable bonds is 5. The van der Waals surface area contributed by atoms with Crippen LogP contribution in [-0.2, 0) is 15.6 Å². The van der Waals surface area contributed by atoms with E-state index in [1.807, 2.05) is 0 Å². The Morgan fingerprint density at radius 1 is 1.19 bits per heavy atom. The molecule has 0 unspecified atom stereocenters. The first-order valence-corrected chi connectivity index (χ1v) is 10.8. The van der Waals surface area contributed by atoms with Crippen LogP contribution < -0.4 is 5.32 Å². The van der Waals surface area contributed by atoms with Crippen molar-refractivity contribution in [2.45, 2.75) is 24.6 Å². The van der Waals surface area contributed by atoms with Crippen molar-refractivity contribution in [1.82, 2.24) is 10.2 Å². The number of likely N-dealkylation sites (tertiary alicyclic amines) is 1. The minimum absolute atomic E-state index is 0.0308. The molecule has 8 heteroatoms. The molecule has 0 radical (unpaired) electrons. The van der Waals surface area contributed by atoms with Crippen molar-refractivity contribution in [1.29, 1.82) is 0 Å². The van der Waals surface area contributed by atoms with Crippen molar-refractivity contribution in [3.05, 3.63) is 59.5 Å². The molecule has 7 nitrogen and oxygen atoms in total. The van der Waals surface area contributed by atoms with Gasteiger partial charge in [-0.05, 0) is 42.7 Å². The summed E-state index contributed by atoms with van der Waals surface area (Å²) in [5, 5.41) is 2.97. The lowest BCUT2D eigenvalue weighted by Gasteiger charge is -2.31. The standard InChI is InChI=1S/C19H22N2O5S/c1-27(24,25)13-14-4-2-5-15(12-14)18(22)20-16-7-9-21(10-8-16)19(23)17-6-3-11-26-17/h2-6,11-12,16H,7-10,13H2,1H3,(H,20,22). The van der Waals surface area contributed by atoms with E-state index in [9.17, 15) is 18.0 Å². The summed E-state index contributed by atoms with van der Waals surface area (Å²) in [6, 6.07) is 9.92. The predicted octanol–water partition coefficient (Wildman–Crippen LogP) is 1.86. The largest absolute Gasteiger partial charge is 0.459 e. The summed E-state index contributed by atoms with van der Waals surface area (Å²) >= 11 is 0. The van der Waals surface area contributed by atoms with Gasteiger partial charge in [0.15, 0.2) is 15.6 Å². The summed E-state index contributed by atoms with van der Waals surface area (Å²) in [6.07, 6.45) is 3.94. The Morgan fingerprint density at radius 2 is 1.93 bits per heavy atom. The highest BCUT2D eigenvalue weighted by atomic mass is 32.2. The number of furan rings is 1. The van der Waals surface area contributed by atoms with Crippen LogP contribution in [-0.4, -0.2) is 50.5 Å². The van der Waals surface area contributed by atoms with Crippen molar-refractivity contribution < 1.29 is 22.4 Å². The van der Waals surface area contributed by atoms with E-state index < -0.39 is 9.84 Å². The number of piperidine rings is 1. The molecule has 1 N–H and O–H groups in total. The Hall–Kier alpha value is -2.61. The van der Waals surface area contributed by atoms with Crippen LogP contribution in [0.15, 0.2) is 47.1 Å². The fraction of sp³-hybridized carbons (Fsp3) is 0.368. The molecule has 1 aromatic carbocycles. The van der Waals surface area contributed by atoms with E-state index >= 15 is 0 Å². The van der Waals surface area contributed by atoms with Gasteiger partial charge in [0.1, 0.15) is 0 Å². The van der Waals surface area contributed by atoms with Gasteiger partial charge in [-0.25, -0.2) is 8.42 Å². The van der Waals surface area contributed by atoms with Crippen LogP contribution in [0.4, 0.5) is 0 Å². The van der Waals surface area contributed by atoms with E-state index in [4.69, 9.17) is 4.42 Å². The third kappa shape index (κ3) is 5.19. The number of hydrogen-bond acceptors (Lipinski definition) is 5. The number of hydrogen-bond donors (Lipinski definition) is 1. The molecule has 144 valence electrons. The molecule has 0 atom stereocenters. The van der Waals surface area contributed by atoms with Crippen LogP contribution in [0.2, 0.25) is 0 Å². The van der Waals surface area contributed by atoms with Gasteiger partial charge < -0.3 is 14.6 Å². The minimum atomic E-state index is -3.16. The normalized spacial score (nSPS) is 15.5. The van der Waals surface area contributed by atoms with Gasteiger partial charge in [0.25, 0.3) is 11.8 Å². The van der Waals surface area contributed by atoms with Crippen LogP contribution >= 0.6 is 0 Å². The molecule has 1 aromatic heterocycles. The zero-order chi connectivity index (χ0) is 19.4. The first-order chi connectivity index (χ1) is 12.8. The van der Waals surface area contributed by atoms with Gasteiger partial charge in [0, 0.05) is 31.0 Å². The number of amides is 2. The first kappa shape index (κ1) is 19.2. The van der Waals surface area contributed by atoms with E-state index in [0.29, 0.717) is 42.8 Å².